The minimum Gasteiger partial charge on any atom is -0.383 e. The lowest BCUT2D eigenvalue weighted by molar-refractivity contribution is -0.143. The molecule has 1 aliphatic heterocycles. The molecule has 0 spiro atoms. The minimum atomic E-state index is -4.13. The second kappa shape index (κ2) is 7.68. The van der Waals surface area contributed by atoms with Crippen LogP contribution in [0.5, 0.6) is 0 Å². The summed E-state index contributed by atoms with van der Waals surface area (Å²) in [5.74, 6) is 0.444. The zero-order chi connectivity index (χ0) is 15.2. The highest BCUT2D eigenvalue weighted by molar-refractivity contribution is 5.78. The molecule has 0 radical (unpaired) electrons. The van der Waals surface area contributed by atoms with Gasteiger partial charge in [0.1, 0.15) is 0 Å². The maximum Gasteiger partial charge on any atom is 0.401 e. The van der Waals surface area contributed by atoms with Crippen molar-refractivity contribution in [1.82, 2.24) is 10.2 Å². The van der Waals surface area contributed by atoms with Gasteiger partial charge in [-0.3, -0.25) is 9.89 Å². The van der Waals surface area contributed by atoms with Crippen molar-refractivity contribution in [1.29, 1.82) is 0 Å². The van der Waals surface area contributed by atoms with Gasteiger partial charge >= 0.3 is 6.18 Å². The van der Waals surface area contributed by atoms with Gasteiger partial charge in [0.25, 0.3) is 0 Å². The number of halogens is 3. The Morgan fingerprint density at radius 2 is 2.25 bits per heavy atom. The summed E-state index contributed by atoms with van der Waals surface area (Å²) in [6.07, 6.45) is -3.41. The zero-order valence-corrected chi connectivity index (χ0v) is 11.9. The molecule has 1 rings (SSSR count). The molecular formula is C12H23F3N4O. The van der Waals surface area contributed by atoms with E-state index in [0.29, 0.717) is 32.2 Å². The second-order valence-corrected chi connectivity index (χ2v) is 5.23. The number of aliphatic imine (C=N–C) groups is 1. The van der Waals surface area contributed by atoms with Crippen molar-refractivity contribution in [2.75, 3.05) is 39.9 Å². The van der Waals surface area contributed by atoms with E-state index in [1.54, 1.807) is 7.11 Å². The van der Waals surface area contributed by atoms with Gasteiger partial charge in [-0.15, -0.1) is 0 Å². The van der Waals surface area contributed by atoms with E-state index in [-0.39, 0.29) is 12.0 Å². The smallest absolute Gasteiger partial charge is 0.383 e. The molecule has 1 aliphatic rings. The summed E-state index contributed by atoms with van der Waals surface area (Å²) in [4.78, 5) is 5.59. The Labute approximate surface area is 117 Å². The molecule has 0 saturated carbocycles. The van der Waals surface area contributed by atoms with Crippen LogP contribution < -0.4 is 11.1 Å². The van der Waals surface area contributed by atoms with E-state index >= 15 is 0 Å². The Morgan fingerprint density at radius 1 is 1.55 bits per heavy atom. The number of ether oxygens (including phenoxy) is 1. The highest BCUT2D eigenvalue weighted by Gasteiger charge is 2.34. The molecule has 2 atom stereocenters. The lowest BCUT2D eigenvalue weighted by Crippen LogP contribution is -2.41. The minimum absolute atomic E-state index is 0.0501. The van der Waals surface area contributed by atoms with Crippen molar-refractivity contribution in [3.63, 3.8) is 0 Å². The van der Waals surface area contributed by atoms with Gasteiger partial charge in [-0.2, -0.15) is 13.2 Å². The van der Waals surface area contributed by atoms with Crippen LogP contribution in [0.4, 0.5) is 13.2 Å². The Kier molecular flexibility index (Phi) is 6.54. The standard InChI is InChI=1S/C12H23F3N4O/c1-9(7-20-2)18-11(16)17-5-10-3-4-19(6-10)8-12(13,14)15/h9-10H,3-8H2,1-2H3,(H3,16,17,18). The molecule has 5 nitrogen and oxygen atoms in total. The fraction of sp³-hybridized carbons (Fsp3) is 0.917. The summed E-state index contributed by atoms with van der Waals surface area (Å²) < 4.78 is 41.7. The average Bonchev–Trinajstić information content (AvgIpc) is 2.72. The Hall–Kier alpha value is -1.02. The SMILES string of the molecule is COCC(C)NC(N)=NCC1CCN(CC(F)(F)F)C1. The summed E-state index contributed by atoms with van der Waals surface area (Å²) in [6.45, 7) is 2.92. The number of methoxy groups -OCH3 is 1. The fourth-order valence-corrected chi connectivity index (χ4v) is 2.28. The van der Waals surface area contributed by atoms with E-state index in [2.05, 4.69) is 10.3 Å². The summed E-state index contributed by atoms with van der Waals surface area (Å²) in [7, 11) is 1.60. The largest absolute Gasteiger partial charge is 0.401 e. The molecule has 0 aromatic carbocycles. The van der Waals surface area contributed by atoms with Crippen molar-refractivity contribution in [3.8, 4) is 0 Å². The molecule has 0 aliphatic carbocycles. The fourth-order valence-electron chi connectivity index (χ4n) is 2.28. The van der Waals surface area contributed by atoms with Gasteiger partial charge in [0, 0.05) is 26.2 Å². The molecule has 0 aromatic heterocycles. The third-order valence-corrected chi connectivity index (χ3v) is 3.10. The van der Waals surface area contributed by atoms with Gasteiger partial charge in [0.2, 0.25) is 0 Å². The first-order valence-corrected chi connectivity index (χ1v) is 6.64. The molecule has 8 heteroatoms. The van der Waals surface area contributed by atoms with Crippen molar-refractivity contribution >= 4 is 5.96 Å². The van der Waals surface area contributed by atoms with E-state index in [9.17, 15) is 13.2 Å². The van der Waals surface area contributed by atoms with Crippen molar-refractivity contribution in [2.45, 2.75) is 25.6 Å². The molecule has 1 fully saturated rings. The molecule has 20 heavy (non-hydrogen) atoms. The Balaban J connectivity index is 2.29. The second-order valence-electron chi connectivity index (χ2n) is 5.23. The summed E-state index contributed by atoms with van der Waals surface area (Å²) in [5.41, 5.74) is 5.71. The van der Waals surface area contributed by atoms with Crippen LogP contribution in [0, 0.1) is 5.92 Å². The molecule has 118 valence electrons. The number of rotatable bonds is 6. The van der Waals surface area contributed by atoms with Gasteiger partial charge in [0.15, 0.2) is 5.96 Å². The number of hydrogen-bond donors (Lipinski definition) is 2. The van der Waals surface area contributed by atoms with E-state index in [0.717, 1.165) is 6.42 Å². The van der Waals surface area contributed by atoms with Crippen LogP contribution >= 0.6 is 0 Å². The normalized spacial score (nSPS) is 23.1. The molecular weight excluding hydrogens is 273 g/mol. The van der Waals surface area contributed by atoms with Crippen molar-refractivity contribution in [3.05, 3.63) is 0 Å². The number of hydrogen-bond acceptors (Lipinski definition) is 3. The van der Waals surface area contributed by atoms with Gasteiger partial charge in [-0.1, -0.05) is 0 Å². The first-order valence-electron chi connectivity index (χ1n) is 6.64. The van der Waals surface area contributed by atoms with E-state index in [4.69, 9.17) is 10.5 Å². The third kappa shape index (κ3) is 6.95. The highest BCUT2D eigenvalue weighted by atomic mass is 19.4. The predicted octanol–water partition coefficient (Wildman–Crippen LogP) is 0.810. The third-order valence-electron chi connectivity index (χ3n) is 3.10. The molecule has 0 aromatic rings. The number of likely N-dealkylation sites (tertiary alicyclic amines) is 1. The van der Waals surface area contributed by atoms with E-state index in [1.165, 1.54) is 4.90 Å². The van der Waals surface area contributed by atoms with Crippen LogP contribution in [0.1, 0.15) is 13.3 Å². The topological polar surface area (TPSA) is 62.9 Å². The van der Waals surface area contributed by atoms with E-state index in [1.807, 2.05) is 6.92 Å². The molecule has 1 saturated heterocycles. The predicted molar refractivity (Wildman–Crippen MR) is 71.6 cm³/mol. The lowest BCUT2D eigenvalue weighted by Gasteiger charge is -2.17. The van der Waals surface area contributed by atoms with Crippen LogP contribution in [0.3, 0.4) is 0 Å². The van der Waals surface area contributed by atoms with Gasteiger partial charge in [-0.05, 0) is 25.8 Å². The van der Waals surface area contributed by atoms with Crippen LogP contribution in [0.15, 0.2) is 4.99 Å². The lowest BCUT2D eigenvalue weighted by atomic mass is 10.1. The number of alkyl halides is 3. The summed E-state index contributed by atoms with van der Waals surface area (Å²) in [5, 5.41) is 2.96. The van der Waals surface area contributed by atoms with Crippen molar-refractivity contribution in [2.24, 2.45) is 16.6 Å². The number of guanidine groups is 1. The van der Waals surface area contributed by atoms with Gasteiger partial charge in [0.05, 0.1) is 13.2 Å². The van der Waals surface area contributed by atoms with Gasteiger partial charge < -0.3 is 15.8 Å². The zero-order valence-electron chi connectivity index (χ0n) is 11.9. The number of nitrogens with two attached hydrogens (primary N) is 1. The summed E-state index contributed by atoms with van der Waals surface area (Å²) in [6, 6.07) is 0.0501. The molecule has 1 heterocycles. The first kappa shape index (κ1) is 17.0. The number of nitrogens with one attached hydrogen (secondary N) is 1. The molecule has 3 N–H and O–H groups in total. The molecule has 0 amide bonds. The number of nitrogens with zero attached hydrogens (tertiary/aromatic N) is 2. The van der Waals surface area contributed by atoms with Crippen LogP contribution in [-0.2, 0) is 4.74 Å². The Bertz CT molecular complexity index is 322. The molecule has 0 bridgehead atoms. The quantitative estimate of drug-likeness (QED) is 0.562. The van der Waals surface area contributed by atoms with Crippen molar-refractivity contribution < 1.29 is 17.9 Å². The first-order chi connectivity index (χ1) is 9.30. The maximum absolute atomic E-state index is 12.3. The Morgan fingerprint density at radius 3 is 2.85 bits per heavy atom. The van der Waals surface area contributed by atoms with Crippen LogP contribution in [-0.4, -0.2) is 63.0 Å². The van der Waals surface area contributed by atoms with Crippen LogP contribution in [0.25, 0.3) is 0 Å². The van der Waals surface area contributed by atoms with Gasteiger partial charge in [-0.25, -0.2) is 0 Å². The van der Waals surface area contributed by atoms with E-state index < -0.39 is 12.7 Å². The summed E-state index contributed by atoms with van der Waals surface area (Å²) >= 11 is 0. The average molecular weight is 296 g/mol. The maximum atomic E-state index is 12.3. The highest BCUT2D eigenvalue weighted by Crippen LogP contribution is 2.22. The molecule has 2 unspecified atom stereocenters. The monoisotopic (exact) mass is 296 g/mol. The van der Waals surface area contributed by atoms with Crippen LogP contribution in [0.2, 0.25) is 0 Å².